The third-order valence-electron chi connectivity index (χ3n) is 2.27. The maximum absolute atomic E-state index is 5.35. The first-order valence-corrected chi connectivity index (χ1v) is 3.52. The third-order valence-corrected chi connectivity index (χ3v) is 2.27. The van der Waals surface area contributed by atoms with Crippen LogP contribution in [0.5, 0.6) is 0 Å². The van der Waals surface area contributed by atoms with Crippen LogP contribution in [0.25, 0.3) is 0 Å². The highest BCUT2D eigenvalue weighted by atomic mass is 16.6. The minimum atomic E-state index is 0.679. The van der Waals surface area contributed by atoms with E-state index in [-0.39, 0.29) is 0 Å². The van der Waals surface area contributed by atoms with Gasteiger partial charge in [-0.15, -0.1) is 0 Å². The van der Waals surface area contributed by atoms with Crippen molar-refractivity contribution < 1.29 is 4.74 Å². The quantitative estimate of drug-likeness (QED) is 0.433. The minimum Gasteiger partial charge on any atom is -0.370 e. The number of epoxide rings is 1. The molecule has 1 saturated carbocycles. The van der Waals surface area contributed by atoms with Gasteiger partial charge in [0, 0.05) is 0 Å². The Hall–Kier alpha value is -0.0400. The molecule has 1 aliphatic heterocycles. The van der Waals surface area contributed by atoms with Crippen LogP contribution in [0.1, 0.15) is 26.2 Å². The second-order valence-electron chi connectivity index (χ2n) is 3.13. The van der Waals surface area contributed by atoms with E-state index in [9.17, 15) is 0 Å². The number of hydrogen-bond acceptors (Lipinski definition) is 1. The summed E-state index contributed by atoms with van der Waals surface area (Å²) >= 11 is 0. The number of rotatable bonds is 0. The molecule has 0 spiro atoms. The summed E-state index contributed by atoms with van der Waals surface area (Å²) in [5, 5.41) is 0. The molecular formula is C7H12O. The predicted octanol–water partition coefficient (Wildman–Crippen LogP) is 1.57. The predicted molar refractivity (Wildman–Crippen MR) is 31.7 cm³/mol. The highest BCUT2D eigenvalue weighted by molar-refractivity contribution is 4.90. The molecule has 0 N–H and O–H groups in total. The van der Waals surface area contributed by atoms with Crippen molar-refractivity contribution in [1.29, 1.82) is 0 Å². The SMILES string of the molecule is C[C@@H]1CCC2O[C@H]2C1. The molecule has 0 aromatic carbocycles. The Morgan fingerprint density at radius 1 is 1.25 bits per heavy atom. The van der Waals surface area contributed by atoms with Crippen LogP contribution in [0.4, 0.5) is 0 Å². The summed E-state index contributed by atoms with van der Waals surface area (Å²) in [6.07, 6.45) is 5.41. The fourth-order valence-corrected chi connectivity index (χ4v) is 1.60. The number of ether oxygens (including phenoxy) is 1. The molecule has 0 radical (unpaired) electrons. The molecule has 8 heavy (non-hydrogen) atoms. The van der Waals surface area contributed by atoms with Gasteiger partial charge in [0.2, 0.25) is 0 Å². The summed E-state index contributed by atoms with van der Waals surface area (Å²) < 4.78 is 5.35. The van der Waals surface area contributed by atoms with Gasteiger partial charge >= 0.3 is 0 Å². The Labute approximate surface area is 50.0 Å². The van der Waals surface area contributed by atoms with Crippen LogP contribution in [0.15, 0.2) is 0 Å². The summed E-state index contributed by atoms with van der Waals surface area (Å²) in [5.74, 6) is 0.929. The lowest BCUT2D eigenvalue weighted by molar-refractivity contribution is 0.367. The van der Waals surface area contributed by atoms with E-state index in [2.05, 4.69) is 6.92 Å². The molecular weight excluding hydrogens is 100 g/mol. The Kier molecular flexibility index (Phi) is 0.884. The van der Waals surface area contributed by atoms with Crippen LogP contribution in [0, 0.1) is 5.92 Å². The summed E-state index contributed by atoms with van der Waals surface area (Å²) in [7, 11) is 0. The lowest BCUT2D eigenvalue weighted by atomic mass is 9.91. The summed E-state index contributed by atoms with van der Waals surface area (Å²) in [6.45, 7) is 2.32. The highest BCUT2D eigenvalue weighted by Crippen LogP contribution is 2.38. The van der Waals surface area contributed by atoms with Gasteiger partial charge in [0.25, 0.3) is 0 Å². The molecule has 1 unspecified atom stereocenters. The van der Waals surface area contributed by atoms with Gasteiger partial charge in [-0.1, -0.05) is 6.92 Å². The van der Waals surface area contributed by atoms with E-state index in [1.165, 1.54) is 19.3 Å². The standard InChI is InChI=1S/C7H12O/c1-5-2-3-6-7(4-5)8-6/h5-7H,2-4H2,1H3/t5-,6?,7+/m1/s1. The molecule has 2 fully saturated rings. The van der Waals surface area contributed by atoms with Crippen LogP contribution in [-0.4, -0.2) is 12.2 Å². The van der Waals surface area contributed by atoms with E-state index in [4.69, 9.17) is 4.74 Å². The zero-order valence-electron chi connectivity index (χ0n) is 5.26. The lowest BCUT2D eigenvalue weighted by Crippen LogP contribution is -2.09. The van der Waals surface area contributed by atoms with Gasteiger partial charge in [0.05, 0.1) is 12.2 Å². The molecule has 0 amide bonds. The van der Waals surface area contributed by atoms with E-state index in [1.807, 2.05) is 0 Å². The van der Waals surface area contributed by atoms with E-state index in [0.717, 1.165) is 5.92 Å². The van der Waals surface area contributed by atoms with Gasteiger partial charge < -0.3 is 4.74 Å². The van der Waals surface area contributed by atoms with Crippen molar-refractivity contribution in [3.63, 3.8) is 0 Å². The molecule has 0 bridgehead atoms. The first kappa shape index (κ1) is 4.80. The van der Waals surface area contributed by atoms with Crippen molar-refractivity contribution in [3.05, 3.63) is 0 Å². The monoisotopic (exact) mass is 112 g/mol. The number of hydrogen-bond donors (Lipinski definition) is 0. The molecule has 1 saturated heterocycles. The average Bonchev–Trinajstić information content (AvgIpc) is 2.43. The fraction of sp³-hybridized carbons (Fsp3) is 1.00. The molecule has 1 aliphatic carbocycles. The van der Waals surface area contributed by atoms with Crippen molar-refractivity contribution in [2.24, 2.45) is 5.92 Å². The topological polar surface area (TPSA) is 12.5 Å². The normalized spacial score (nSPS) is 52.9. The molecule has 46 valence electrons. The Balaban J connectivity index is 1.93. The minimum absolute atomic E-state index is 0.679. The zero-order chi connectivity index (χ0) is 5.56. The maximum atomic E-state index is 5.35. The molecule has 0 aromatic heterocycles. The average molecular weight is 112 g/mol. The van der Waals surface area contributed by atoms with Gasteiger partial charge in [-0.05, 0) is 25.2 Å². The molecule has 1 heterocycles. The molecule has 1 heteroatoms. The van der Waals surface area contributed by atoms with Crippen LogP contribution >= 0.6 is 0 Å². The Morgan fingerprint density at radius 2 is 2.12 bits per heavy atom. The van der Waals surface area contributed by atoms with Gasteiger partial charge in [-0.2, -0.15) is 0 Å². The van der Waals surface area contributed by atoms with E-state index >= 15 is 0 Å². The Bertz CT molecular complexity index is 101. The van der Waals surface area contributed by atoms with E-state index < -0.39 is 0 Å². The van der Waals surface area contributed by atoms with Gasteiger partial charge in [-0.3, -0.25) is 0 Å². The molecule has 2 rings (SSSR count). The van der Waals surface area contributed by atoms with E-state index in [1.54, 1.807) is 0 Å². The molecule has 2 aliphatic rings. The van der Waals surface area contributed by atoms with Crippen LogP contribution < -0.4 is 0 Å². The van der Waals surface area contributed by atoms with Crippen LogP contribution in [-0.2, 0) is 4.74 Å². The van der Waals surface area contributed by atoms with Gasteiger partial charge in [0.15, 0.2) is 0 Å². The summed E-state index contributed by atoms with van der Waals surface area (Å²) in [4.78, 5) is 0. The molecule has 1 nitrogen and oxygen atoms in total. The lowest BCUT2D eigenvalue weighted by Gasteiger charge is -2.11. The van der Waals surface area contributed by atoms with Crippen molar-refractivity contribution >= 4 is 0 Å². The third kappa shape index (κ3) is 0.655. The first-order valence-electron chi connectivity index (χ1n) is 3.52. The van der Waals surface area contributed by atoms with Gasteiger partial charge in [-0.25, -0.2) is 0 Å². The Morgan fingerprint density at radius 3 is 2.75 bits per heavy atom. The zero-order valence-corrected chi connectivity index (χ0v) is 5.26. The second-order valence-corrected chi connectivity index (χ2v) is 3.13. The van der Waals surface area contributed by atoms with E-state index in [0.29, 0.717) is 12.2 Å². The van der Waals surface area contributed by atoms with Crippen LogP contribution in [0.2, 0.25) is 0 Å². The highest BCUT2D eigenvalue weighted by Gasteiger charge is 2.42. The largest absolute Gasteiger partial charge is 0.370 e. The second kappa shape index (κ2) is 1.47. The van der Waals surface area contributed by atoms with Crippen LogP contribution in [0.3, 0.4) is 0 Å². The molecule has 3 atom stereocenters. The smallest absolute Gasteiger partial charge is 0.0844 e. The first-order chi connectivity index (χ1) is 3.86. The van der Waals surface area contributed by atoms with Crippen molar-refractivity contribution in [3.8, 4) is 0 Å². The fourth-order valence-electron chi connectivity index (χ4n) is 1.60. The number of fused-ring (bicyclic) bond motifs is 1. The van der Waals surface area contributed by atoms with Crippen molar-refractivity contribution in [1.82, 2.24) is 0 Å². The van der Waals surface area contributed by atoms with Crippen molar-refractivity contribution in [2.75, 3.05) is 0 Å². The maximum Gasteiger partial charge on any atom is 0.0844 e. The van der Waals surface area contributed by atoms with Crippen molar-refractivity contribution in [2.45, 2.75) is 38.4 Å². The molecule has 0 aromatic rings. The summed E-state index contributed by atoms with van der Waals surface area (Å²) in [5.41, 5.74) is 0. The summed E-state index contributed by atoms with van der Waals surface area (Å²) in [6, 6.07) is 0. The van der Waals surface area contributed by atoms with Gasteiger partial charge in [0.1, 0.15) is 0 Å².